The van der Waals surface area contributed by atoms with Crippen molar-refractivity contribution in [2.75, 3.05) is 52.4 Å². The molecule has 0 aliphatic carbocycles. The van der Waals surface area contributed by atoms with E-state index in [1.165, 1.54) is 0 Å². The number of hydrogen-bond donors (Lipinski definition) is 2. The van der Waals surface area contributed by atoms with Crippen LogP contribution in [0.3, 0.4) is 0 Å². The van der Waals surface area contributed by atoms with Crippen LogP contribution in [0.15, 0.2) is 24.3 Å². The van der Waals surface area contributed by atoms with Gasteiger partial charge in [-0.1, -0.05) is 19.9 Å². The second kappa shape index (κ2) is 10.9. The Morgan fingerprint density at radius 3 is 2.42 bits per heavy atom. The number of carbonyl (C=O) groups is 2. The molecule has 6 nitrogen and oxygen atoms in total. The molecule has 0 saturated carbocycles. The van der Waals surface area contributed by atoms with Crippen LogP contribution in [0.2, 0.25) is 0 Å². The van der Waals surface area contributed by atoms with E-state index in [0.717, 1.165) is 58.7 Å². The fourth-order valence-corrected chi connectivity index (χ4v) is 3.20. The number of rotatable bonds is 9. The maximum atomic E-state index is 12.7. The lowest BCUT2D eigenvalue weighted by molar-refractivity contribution is 0.0755. The average Bonchev–Trinajstić information content (AvgIpc) is 2.68. The van der Waals surface area contributed by atoms with Crippen molar-refractivity contribution >= 4 is 11.8 Å². The molecule has 1 heterocycles. The van der Waals surface area contributed by atoms with Gasteiger partial charge in [0.05, 0.1) is 0 Å². The highest BCUT2D eigenvalue weighted by atomic mass is 16.2. The Balaban J connectivity index is 1.91. The van der Waals surface area contributed by atoms with E-state index in [9.17, 15) is 9.59 Å². The second-order valence-electron chi connectivity index (χ2n) is 6.72. The summed E-state index contributed by atoms with van der Waals surface area (Å²) in [6.07, 6.45) is 1.86. The summed E-state index contributed by atoms with van der Waals surface area (Å²) in [5.41, 5.74) is 1.13. The van der Waals surface area contributed by atoms with Crippen LogP contribution in [0, 0.1) is 0 Å². The standard InChI is InChI=1S/C20H32N4O2/c1-3-11-24(12-4-2)20(26)18-7-5-6-17(16-18)19(25)22-10-15-23-13-8-21-9-14-23/h5-7,16,21H,3-4,8-15H2,1-2H3,(H,22,25). The maximum Gasteiger partial charge on any atom is 0.253 e. The minimum Gasteiger partial charge on any atom is -0.351 e. The first-order valence-corrected chi connectivity index (χ1v) is 9.76. The maximum absolute atomic E-state index is 12.7. The molecule has 1 aliphatic rings. The molecule has 2 rings (SSSR count). The second-order valence-corrected chi connectivity index (χ2v) is 6.72. The van der Waals surface area contributed by atoms with Crippen LogP contribution < -0.4 is 10.6 Å². The van der Waals surface area contributed by atoms with Gasteiger partial charge in [0, 0.05) is 63.5 Å². The summed E-state index contributed by atoms with van der Waals surface area (Å²) in [7, 11) is 0. The van der Waals surface area contributed by atoms with Crippen LogP contribution >= 0.6 is 0 Å². The first-order chi connectivity index (χ1) is 12.7. The van der Waals surface area contributed by atoms with Gasteiger partial charge in [-0.05, 0) is 31.0 Å². The molecule has 1 aromatic carbocycles. The monoisotopic (exact) mass is 360 g/mol. The van der Waals surface area contributed by atoms with Crippen molar-refractivity contribution in [3.63, 3.8) is 0 Å². The minimum atomic E-state index is -0.118. The van der Waals surface area contributed by atoms with E-state index in [2.05, 4.69) is 29.4 Å². The van der Waals surface area contributed by atoms with Gasteiger partial charge in [0.15, 0.2) is 0 Å². The molecule has 0 bridgehead atoms. The van der Waals surface area contributed by atoms with Gasteiger partial charge in [-0.3, -0.25) is 14.5 Å². The predicted octanol–water partition coefficient (Wildman–Crippen LogP) is 1.58. The quantitative estimate of drug-likeness (QED) is 0.702. The fourth-order valence-electron chi connectivity index (χ4n) is 3.20. The van der Waals surface area contributed by atoms with Gasteiger partial charge in [0.25, 0.3) is 11.8 Å². The molecule has 1 aliphatic heterocycles. The van der Waals surface area contributed by atoms with E-state index < -0.39 is 0 Å². The number of piperazine rings is 1. The highest BCUT2D eigenvalue weighted by Crippen LogP contribution is 2.10. The molecule has 0 radical (unpaired) electrons. The Labute approximate surface area is 156 Å². The molecule has 0 unspecified atom stereocenters. The minimum absolute atomic E-state index is 0.00386. The van der Waals surface area contributed by atoms with Gasteiger partial charge in [-0.25, -0.2) is 0 Å². The van der Waals surface area contributed by atoms with E-state index in [1.807, 2.05) is 4.90 Å². The van der Waals surface area contributed by atoms with Crippen molar-refractivity contribution in [1.82, 2.24) is 20.4 Å². The fraction of sp³-hybridized carbons (Fsp3) is 0.600. The Bertz CT molecular complexity index is 579. The van der Waals surface area contributed by atoms with Crippen molar-refractivity contribution in [2.24, 2.45) is 0 Å². The van der Waals surface area contributed by atoms with Crippen LogP contribution in [0.25, 0.3) is 0 Å². The lowest BCUT2D eigenvalue weighted by Crippen LogP contribution is -2.46. The predicted molar refractivity (Wildman–Crippen MR) is 105 cm³/mol. The number of carbonyl (C=O) groups excluding carboxylic acids is 2. The third-order valence-electron chi connectivity index (χ3n) is 4.57. The molecule has 1 fully saturated rings. The van der Waals surface area contributed by atoms with Crippen molar-refractivity contribution in [3.8, 4) is 0 Å². The number of nitrogens with zero attached hydrogens (tertiary/aromatic N) is 2. The highest BCUT2D eigenvalue weighted by molar-refractivity contribution is 5.99. The Morgan fingerprint density at radius 2 is 1.77 bits per heavy atom. The Kier molecular flexibility index (Phi) is 8.58. The zero-order valence-electron chi connectivity index (χ0n) is 16.1. The molecule has 6 heteroatoms. The van der Waals surface area contributed by atoms with Crippen LogP contribution in [0.4, 0.5) is 0 Å². The number of nitrogens with one attached hydrogen (secondary N) is 2. The summed E-state index contributed by atoms with van der Waals surface area (Å²) in [4.78, 5) is 29.3. The van der Waals surface area contributed by atoms with Crippen molar-refractivity contribution in [3.05, 3.63) is 35.4 Å². The lowest BCUT2D eigenvalue weighted by atomic mass is 10.1. The normalized spacial score (nSPS) is 14.8. The van der Waals surface area contributed by atoms with Gasteiger partial charge < -0.3 is 15.5 Å². The van der Waals surface area contributed by atoms with E-state index >= 15 is 0 Å². The summed E-state index contributed by atoms with van der Waals surface area (Å²) >= 11 is 0. The molecule has 0 atom stereocenters. The molecule has 1 saturated heterocycles. The van der Waals surface area contributed by atoms with Crippen LogP contribution in [-0.2, 0) is 0 Å². The van der Waals surface area contributed by atoms with Crippen molar-refractivity contribution in [1.29, 1.82) is 0 Å². The molecule has 2 amide bonds. The van der Waals surface area contributed by atoms with E-state index in [4.69, 9.17) is 0 Å². The van der Waals surface area contributed by atoms with Gasteiger partial charge in [0.2, 0.25) is 0 Å². The molecule has 0 spiro atoms. The average molecular weight is 361 g/mol. The van der Waals surface area contributed by atoms with E-state index in [1.54, 1.807) is 24.3 Å². The van der Waals surface area contributed by atoms with Crippen LogP contribution in [-0.4, -0.2) is 74.0 Å². The van der Waals surface area contributed by atoms with E-state index in [0.29, 0.717) is 17.7 Å². The smallest absolute Gasteiger partial charge is 0.253 e. The number of amides is 2. The lowest BCUT2D eigenvalue weighted by Gasteiger charge is -2.27. The Morgan fingerprint density at radius 1 is 1.12 bits per heavy atom. The molecular weight excluding hydrogens is 328 g/mol. The summed E-state index contributed by atoms with van der Waals surface area (Å²) in [5, 5.41) is 6.28. The summed E-state index contributed by atoms with van der Waals surface area (Å²) in [5.74, 6) is -0.114. The highest BCUT2D eigenvalue weighted by Gasteiger charge is 2.16. The first kappa shape index (κ1) is 20.4. The topological polar surface area (TPSA) is 64.7 Å². The molecule has 144 valence electrons. The van der Waals surface area contributed by atoms with Crippen molar-refractivity contribution < 1.29 is 9.59 Å². The number of benzene rings is 1. The van der Waals surface area contributed by atoms with Gasteiger partial charge in [-0.15, -0.1) is 0 Å². The molecule has 1 aromatic rings. The SMILES string of the molecule is CCCN(CCC)C(=O)c1cccc(C(=O)NCCN2CCNCC2)c1. The summed E-state index contributed by atoms with van der Waals surface area (Å²) < 4.78 is 0. The molecular formula is C20H32N4O2. The Hall–Kier alpha value is -1.92. The molecule has 26 heavy (non-hydrogen) atoms. The van der Waals surface area contributed by atoms with Crippen LogP contribution in [0.1, 0.15) is 47.4 Å². The zero-order valence-corrected chi connectivity index (χ0v) is 16.1. The van der Waals surface area contributed by atoms with Gasteiger partial charge in [0.1, 0.15) is 0 Å². The zero-order chi connectivity index (χ0) is 18.8. The third-order valence-corrected chi connectivity index (χ3v) is 4.57. The summed E-state index contributed by atoms with van der Waals surface area (Å²) in [6, 6.07) is 7.05. The van der Waals surface area contributed by atoms with Gasteiger partial charge >= 0.3 is 0 Å². The summed E-state index contributed by atoms with van der Waals surface area (Å²) in [6.45, 7) is 11.1. The first-order valence-electron chi connectivity index (χ1n) is 9.76. The largest absolute Gasteiger partial charge is 0.351 e. The van der Waals surface area contributed by atoms with Crippen molar-refractivity contribution in [2.45, 2.75) is 26.7 Å². The molecule has 2 N–H and O–H groups in total. The van der Waals surface area contributed by atoms with E-state index in [-0.39, 0.29) is 11.8 Å². The number of hydrogen-bond acceptors (Lipinski definition) is 4. The third kappa shape index (κ3) is 6.11. The van der Waals surface area contributed by atoms with Crippen LogP contribution in [0.5, 0.6) is 0 Å². The van der Waals surface area contributed by atoms with Gasteiger partial charge in [-0.2, -0.15) is 0 Å². The molecule has 0 aromatic heterocycles.